The first-order valence-corrected chi connectivity index (χ1v) is 7.40. The van der Waals surface area contributed by atoms with Crippen molar-refractivity contribution in [1.82, 2.24) is 10.0 Å². The maximum absolute atomic E-state index is 12.1. The molecule has 100 valence electrons. The Bertz CT molecular complexity index is 504. The predicted octanol–water partition coefficient (Wildman–Crippen LogP) is 0.605. The normalized spacial score (nSPS) is 24.3. The van der Waals surface area contributed by atoms with Crippen molar-refractivity contribution in [2.45, 2.75) is 17.0 Å². The summed E-state index contributed by atoms with van der Waals surface area (Å²) in [5.41, 5.74) is 0. The van der Waals surface area contributed by atoms with Crippen LogP contribution in [0.25, 0.3) is 0 Å². The average Bonchev–Trinajstić information content (AvgIpc) is 2.76. The monoisotopic (exact) mass is 290 g/mol. The Labute approximate surface area is 112 Å². The number of halogens is 1. The summed E-state index contributed by atoms with van der Waals surface area (Å²) in [4.78, 5) is 0.202. The highest BCUT2D eigenvalue weighted by molar-refractivity contribution is 7.89. The fourth-order valence-electron chi connectivity index (χ4n) is 1.90. The zero-order chi connectivity index (χ0) is 13.2. The Hall–Kier alpha value is -0.660. The third kappa shape index (κ3) is 3.02. The van der Waals surface area contributed by atoms with Gasteiger partial charge in [-0.25, -0.2) is 13.1 Å². The van der Waals surface area contributed by atoms with Gasteiger partial charge >= 0.3 is 0 Å². The van der Waals surface area contributed by atoms with Gasteiger partial charge in [0.2, 0.25) is 10.0 Å². The first kappa shape index (κ1) is 13.8. The Morgan fingerprint density at radius 1 is 1.33 bits per heavy atom. The Kier molecular flexibility index (Phi) is 4.24. The standard InChI is InChI=1S/C11H15ClN2O3S/c1-17-11-7-13-6-10(11)14-18(15,16)9-4-2-8(12)3-5-9/h2-5,10-11,13-14H,6-7H2,1H3/t10?,11-/m0/s1. The van der Waals surface area contributed by atoms with E-state index >= 15 is 0 Å². The number of methoxy groups -OCH3 is 1. The van der Waals surface area contributed by atoms with Gasteiger partial charge in [0.25, 0.3) is 0 Å². The van der Waals surface area contributed by atoms with E-state index in [2.05, 4.69) is 10.0 Å². The van der Waals surface area contributed by atoms with E-state index in [0.29, 0.717) is 18.1 Å². The molecule has 0 saturated carbocycles. The molecule has 0 aliphatic carbocycles. The molecular weight excluding hydrogens is 276 g/mol. The molecule has 0 radical (unpaired) electrons. The van der Waals surface area contributed by atoms with Crippen molar-refractivity contribution in [3.63, 3.8) is 0 Å². The highest BCUT2D eigenvalue weighted by atomic mass is 35.5. The van der Waals surface area contributed by atoms with E-state index in [1.165, 1.54) is 12.1 Å². The highest BCUT2D eigenvalue weighted by Gasteiger charge is 2.31. The fourth-order valence-corrected chi connectivity index (χ4v) is 3.29. The highest BCUT2D eigenvalue weighted by Crippen LogP contribution is 2.15. The summed E-state index contributed by atoms with van der Waals surface area (Å²) in [5.74, 6) is 0. The number of nitrogens with one attached hydrogen (secondary N) is 2. The quantitative estimate of drug-likeness (QED) is 0.852. The predicted molar refractivity (Wildman–Crippen MR) is 69.2 cm³/mol. The van der Waals surface area contributed by atoms with Crippen molar-refractivity contribution >= 4 is 21.6 Å². The van der Waals surface area contributed by atoms with E-state index in [9.17, 15) is 8.42 Å². The topological polar surface area (TPSA) is 67.4 Å². The molecule has 2 atom stereocenters. The van der Waals surface area contributed by atoms with Crippen molar-refractivity contribution in [2.24, 2.45) is 0 Å². The first-order chi connectivity index (χ1) is 8.53. The van der Waals surface area contributed by atoms with Crippen LogP contribution in [0.4, 0.5) is 0 Å². The zero-order valence-corrected chi connectivity index (χ0v) is 11.5. The van der Waals surface area contributed by atoms with Crippen LogP contribution in [0, 0.1) is 0 Å². The molecule has 1 aromatic rings. The summed E-state index contributed by atoms with van der Waals surface area (Å²) >= 11 is 5.73. The SMILES string of the molecule is CO[C@H]1CNCC1NS(=O)(=O)c1ccc(Cl)cc1. The lowest BCUT2D eigenvalue weighted by atomic mass is 10.2. The van der Waals surface area contributed by atoms with Crippen LogP contribution >= 0.6 is 11.6 Å². The van der Waals surface area contributed by atoms with Crippen molar-refractivity contribution < 1.29 is 13.2 Å². The summed E-state index contributed by atoms with van der Waals surface area (Å²) in [5, 5.41) is 3.59. The van der Waals surface area contributed by atoms with Crippen LogP contribution in [0.2, 0.25) is 5.02 Å². The van der Waals surface area contributed by atoms with Gasteiger partial charge in [0, 0.05) is 25.2 Å². The molecule has 1 aromatic carbocycles. The van der Waals surface area contributed by atoms with E-state index in [4.69, 9.17) is 16.3 Å². The summed E-state index contributed by atoms with van der Waals surface area (Å²) in [6.07, 6.45) is -0.146. The molecule has 1 unspecified atom stereocenters. The van der Waals surface area contributed by atoms with Crippen LogP contribution in [-0.2, 0) is 14.8 Å². The lowest BCUT2D eigenvalue weighted by Gasteiger charge is -2.18. The molecule has 7 heteroatoms. The van der Waals surface area contributed by atoms with Gasteiger partial charge in [-0.15, -0.1) is 0 Å². The molecule has 0 aromatic heterocycles. The Morgan fingerprint density at radius 2 is 2.00 bits per heavy atom. The van der Waals surface area contributed by atoms with Crippen LogP contribution in [-0.4, -0.2) is 40.8 Å². The minimum absolute atomic E-state index is 0.146. The van der Waals surface area contributed by atoms with Gasteiger partial charge in [0.1, 0.15) is 0 Å². The zero-order valence-electron chi connectivity index (χ0n) is 9.89. The average molecular weight is 291 g/mol. The third-order valence-corrected chi connectivity index (χ3v) is 4.65. The Morgan fingerprint density at radius 3 is 2.61 bits per heavy atom. The second kappa shape index (κ2) is 5.54. The first-order valence-electron chi connectivity index (χ1n) is 5.54. The molecule has 0 amide bonds. The van der Waals surface area contributed by atoms with Crippen molar-refractivity contribution in [2.75, 3.05) is 20.2 Å². The summed E-state index contributed by atoms with van der Waals surface area (Å²) < 4.78 is 32.1. The van der Waals surface area contributed by atoms with E-state index in [0.717, 1.165) is 0 Å². The van der Waals surface area contributed by atoms with Crippen molar-refractivity contribution in [1.29, 1.82) is 0 Å². The number of benzene rings is 1. The van der Waals surface area contributed by atoms with Crippen LogP contribution in [0.5, 0.6) is 0 Å². The number of rotatable bonds is 4. The number of hydrogen-bond donors (Lipinski definition) is 2. The minimum Gasteiger partial charge on any atom is -0.378 e. The van der Waals surface area contributed by atoms with E-state index in [1.54, 1.807) is 19.2 Å². The number of hydrogen-bond acceptors (Lipinski definition) is 4. The largest absolute Gasteiger partial charge is 0.378 e. The number of sulfonamides is 1. The molecule has 2 rings (SSSR count). The maximum atomic E-state index is 12.1. The lowest BCUT2D eigenvalue weighted by molar-refractivity contribution is 0.103. The second-order valence-corrected chi connectivity index (χ2v) is 6.26. The Balaban J connectivity index is 2.14. The molecular formula is C11H15ClN2O3S. The molecule has 18 heavy (non-hydrogen) atoms. The van der Waals surface area contributed by atoms with E-state index < -0.39 is 10.0 Å². The van der Waals surface area contributed by atoms with Gasteiger partial charge in [-0.05, 0) is 24.3 Å². The van der Waals surface area contributed by atoms with E-state index in [1.807, 2.05) is 0 Å². The lowest BCUT2D eigenvalue weighted by Crippen LogP contribution is -2.43. The molecule has 0 bridgehead atoms. The molecule has 1 fully saturated rings. The van der Waals surface area contributed by atoms with Crippen LogP contribution in [0.3, 0.4) is 0 Å². The van der Waals surface area contributed by atoms with Gasteiger partial charge in [-0.1, -0.05) is 11.6 Å². The summed E-state index contributed by atoms with van der Waals surface area (Å²) in [6.45, 7) is 1.20. The van der Waals surface area contributed by atoms with Crippen molar-refractivity contribution in [3.8, 4) is 0 Å². The van der Waals surface area contributed by atoms with E-state index in [-0.39, 0.29) is 17.0 Å². The molecule has 1 aliphatic rings. The number of ether oxygens (including phenoxy) is 1. The molecule has 2 N–H and O–H groups in total. The van der Waals surface area contributed by atoms with Crippen LogP contribution in [0.15, 0.2) is 29.2 Å². The van der Waals surface area contributed by atoms with Crippen molar-refractivity contribution in [3.05, 3.63) is 29.3 Å². The molecule has 1 heterocycles. The fraction of sp³-hybridized carbons (Fsp3) is 0.455. The molecule has 5 nitrogen and oxygen atoms in total. The second-order valence-electron chi connectivity index (χ2n) is 4.11. The molecule has 1 aliphatic heterocycles. The molecule has 0 spiro atoms. The summed E-state index contributed by atoms with van der Waals surface area (Å²) in [6, 6.07) is 5.81. The van der Waals surface area contributed by atoms with Crippen LogP contribution < -0.4 is 10.0 Å². The third-order valence-electron chi connectivity index (χ3n) is 2.89. The smallest absolute Gasteiger partial charge is 0.240 e. The summed E-state index contributed by atoms with van der Waals surface area (Å²) in [7, 11) is -1.96. The van der Waals surface area contributed by atoms with Gasteiger partial charge in [-0.3, -0.25) is 0 Å². The van der Waals surface area contributed by atoms with Gasteiger partial charge in [0.05, 0.1) is 17.0 Å². The molecule has 1 saturated heterocycles. The van der Waals surface area contributed by atoms with Gasteiger partial charge in [-0.2, -0.15) is 0 Å². The van der Waals surface area contributed by atoms with Crippen LogP contribution in [0.1, 0.15) is 0 Å². The van der Waals surface area contributed by atoms with Gasteiger partial charge in [0.15, 0.2) is 0 Å². The minimum atomic E-state index is -3.53. The maximum Gasteiger partial charge on any atom is 0.240 e. The van der Waals surface area contributed by atoms with Gasteiger partial charge < -0.3 is 10.1 Å².